The molecule has 0 saturated heterocycles. The number of fused-ring (bicyclic) bond motifs is 1. The van der Waals surface area contributed by atoms with Gasteiger partial charge in [-0.1, -0.05) is 11.6 Å². The molecule has 2 aromatic carbocycles. The Bertz CT molecular complexity index is 1190. The molecule has 184 valence electrons. The molecule has 0 spiro atoms. The van der Waals surface area contributed by atoms with Crippen molar-refractivity contribution >= 4 is 61.7 Å². The van der Waals surface area contributed by atoms with Crippen LogP contribution in [0, 0.1) is 0 Å². The molecule has 5 atom stereocenters. The summed E-state index contributed by atoms with van der Waals surface area (Å²) in [5.74, 6) is 0.416. The summed E-state index contributed by atoms with van der Waals surface area (Å²) < 4.78 is 14.6. The van der Waals surface area contributed by atoms with Crippen molar-refractivity contribution in [1.29, 1.82) is 0 Å². The summed E-state index contributed by atoms with van der Waals surface area (Å²) in [5, 5.41) is 55.0. The van der Waals surface area contributed by atoms with Crippen LogP contribution in [0.3, 0.4) is 0 Å². The van der Waals surface area contributed by atoms with Crippen molar-refractivity contribution in [2.24, 2.45) is 0 Å². The van der Waals surface area contributed by atoms with Crippen LogP contribution in [0.15, 0.2) is 41.1 Å². The molecule has 0 fully saturated rings. The van der Waals surface area contributed by atoms with E-state index in [9.17, 15) is 25.5 Å². The Morgan fingerprint density at radius 3 is 2.50 bits per heavy atom. The number of aliphatic hydroxyl groups is 5. The second kappa shape index (κ2) is 11.8. The Labute approximate surface area is 215 Å². The Morgan fingerprint density at radius 1 is 1.15 bits per heavy atom. The van der Waals surface area contributed by atoms with Crippen LogP contribution in [-0.4, -0.2) is 79.0 Å². The summed E-state index contributed by atoms with van der Waals surface area (Å²) in [7, 11) is 1.32. The van der Waals surface area contributed by atoms with Gasteiger partial charge in [-0.05, 0) is 52.5 Å². The largest absolute Gasteiger partial charge is 0.496 e. The average Bonchev–Trinajstić information content (AvgIpc) is 2.85. The molecular weight excluding hydrogens is 550 g/mol. The van der Waals surface area contributed by atoms with E-state index in [2.05, 4.69) is 31.2 Å². The first-order valence-electron chi connectivity index (χ1n) is 10.5. The van der Waals surface area contributed by atoms with E-state index in [1.807, 2.05) is 0 Å². The molecule has 1 heterocycles. The minimum Gasteiger partial charge on any atom is -0.496 e. The predicted molar refractivity (Wildman–Crippen MR) is 136 cm³/mol. The summed E-state index contributed by atoms with van der Waals surface area (Å²) in [6, 6.07) is 8.08. The maximum atomic E-state index is 11.0. The Morgan fingerprint density at radius 2 is 1.88 bits per heavy atom. The van der Waals surface area contributed by atoms with E-state index in [-0.39, 0.29) is 11.3 Å². The van der Waals surface area contributed by atoms with Gasteiger partial charge in [-0.3, -0.25) is 0 Å². The van der Waals surface area contributed by atoms with E-state index >= 15 is 0 Å². The topological polar surface area (TPSA) is 148 Å². The Hall–Kier alpha value is -1.70. The summed E-state index contributed by atoms with van der Waals surface area (Å²) in [6.07, 6.45) is -5.60. The third-order valence-electron chi connectivity index (χ3n) is 5.23. The zero-order valence-electron chi connectivity index (χ0n) is 19.2. The normalized spacial score (nSPS) is 17.4. The van der Waals surface area contributed by atoms with Crippen LogP contribution in [-0.2, 0) is 0 Å². The molecule has 0 bridgehead atoms. The van der Waals surface area contributed by atoms with Gasteiger partial charge in [0, 0.05) is 21.1 Å². The molecule has 3 aromatic rings. The lowest BCUT2D eigenvalue weighted by Crippen LogP contribution is -2.46. The van der Waals surface area contributed by atoms with Gasteiger partial charge >= 0.3 is 0 Å². The number of anilines is 2. The van der Waals surface area contributed by atoms with Crippen molar-refractivity contribution < 1.29 is 31.6 Å². The number of rotatable bonds is 10. The number of nitrogens with one attached hydrogen (secondary N) is 1. The van der Waals surface area contributed by atoms with Gasteiger partial charge in [0.15, 0.2) is 0 Å². The van der Waals surface area contributed by atoms with Crippen molar-refractivity contribution in [1.82, 2.24) is 9.97 Å². The molecule has 0 amide bonds. The Balaban J connectivity index is 2.02. The predicted octanol–water partition coefficient (Wildman–Crippen LogP) is 2.64. The zero-order valence-corrected chi connectivity index (χ0v) is 21.3. The number of ether oxygens (including phenoxy) is 1. The number of thioether (sulfide) groups is 1. The molecule has 6 N–H and O–H groups in total. The minimum absolute atomic E-state index is 0.0194. The fourth-order valence-electron chi connectivity index (χ4n) is 3.31. The maximum absolute atomic E-state index is 11.0. The standard InChI is InChI=1S/C22H25BrClN3O6S/c1-33-16-7-11-15(25-9-26-22(11)27-10-3-4-13(23)14(24)5-10)6-12(16)18(29)20(31)21(32)19(30)17(8-28)34-2/h3-7,9,17-21,28-32H,8H2,1-2H3,(H,25,26,27)/t17-,18?,19+,20-,21-/m1/s1/i18D. The van der Waals surface area contributed by atoms with Crippen molar-refractivity contribution in [3.63, 3.8) is 0 Å². The number of halogens is 2. The van der Waals surface area contributed by atoms with Crippen LogP contribution in [0.25, 0.3) is 10.9 Å². The molecule has 12 heteroatoms. The van der Waals surface area contributed by atoms with Gasteiger partial charge in [-0.15, -0.1) is 0 Å². The van der Waals surface area contributed by atoms with E-state index in [0.717, 1.165) is 16.2 Å². The highest BCUT2D eigenvalue weighted by Gasteiger charge is 2.36. The van der Waals surface area contributed by atoms with Crippen LogP contribution in [0.4, 0.5) is 11.5 Å². The first kappa shape index (κ1) is 25.4. The molecule has 34 heavy (non-hydrogen) atoms. The van der Waals surface area contributed by atoms with Gasteiger partial charge < -0.3 is 35.6 Å². The van der Waals surface area contributed by atoms with Crippen LogP contribution >= 0.6 is 39.3 Å². The third-order valence-corrected chi connectivity index (χ3v) is 7.50. The van der Waals surface area contributed by atoms with E-state index < -0.39 is 36.2 Å². The Kier molecular flexibility index (Phi) is 8.83. The molecule has 0 radical (unpaired) electrons. The summed E-state index contributed by atoms with van der Waals surface area (Å²) in [5.41, 5.74) is 0.775. The highest BCUT2D eigenvalue weighted by molar-refractivity contribution is 9.10. The lowest BCUT2D eigenvalue weighted by Gasteiger charge is -2.30. The molecule has 0 aliphatic heterocycles. The van der Waals surface area contributed by atoms with Gasteiger partial charge in [0.1, 0.15) is 36.2 Å². The number of aromatic nitrogens is 2. The van der Waals surface area contributed by atoms with Crippen LogP contribution in [0.2, 0.25) is 5.02 Å². The van der Waals surface area contributed by atoms with Gasteiger partial charge in [-0.2, -0.15) is 11.8 Å². The molecule has 0 saturated carbocycles. The molecule has 1 unspecified atom stereocenters. The third kappa shape index (κ3) is 5.74. The van der Waals surface area contributed by atoms with Gasteiger partial charge in [0.25, 0.3) is 0 Å². The van der Waals surface area contributed by atoms with Crippen molar-refractivity contribution in [3.8, 4) is 5.75 Å². The quantitative estimate of drug-likeness (QED) is 0.213. The first-order valence-corrected chi connectivity index (χ1v) is 12.5. The monoisotopic (exact) mass is 574 g/mol. The summed E-state index contributed by atoms with van der Waals surface area (Å²) in [6.45, 7) is -0.474. The average molecular weight is 576 g/mol. The number of methoxy groups -OCH3 is 1. The van der Waals surface area contributed by atoms with E-state index in [1.54, 1.807) is 24.5 Å². The van der Waals surface area contributed by atoms with Gasteiger partial charge in [0.2, 0.25) is 0 Å². The number of nitrogens with zero attached hydrogens (tertiary/aromatic N) is 2. The first-order chi connectivity index (χ1) is 16.5. The van der Waals surface area contributed by atoms with Crippen molar-refractivity contribution in [3.05, 3.63) is 51.7 Å². The summed E-state index contributed by atoms with van der Waals surface area (Å²) in [4.78, 5) is 8.45. The SMILES string of the molecule is [2H]C(O)(c1cc2ncnc(Nc3ccc(Br)c(Cl)c3)c2cc1OC)[C@@H](O)[C@H](O)[C@@H](O)[C@@H](CO)SC. The zero-order chi connectivity index (χ0) is 25.9. The minimum atomic E-state index is -2.80. The molecule has 0 aliphatic rings. The fraction of sp³-hybridized carbons (Fsp3) is 0.364. The number of aliphatic hydroxyl groups excluding tert-OH is 4. The number of hydrogen-bond acceptors (Lipinski definition) is 10. The maximum Gasteiger partial charge on any atom is 0.141 e. The highest BCUT2D eigenvalue weighted by Crippen LogP contribution is 2.36. The smallest absolute Gasteiger partial charge is 0.141 e. The van der Waals surface area contributed by atoms with Gasteiger partial charge in [-0.25, -0.2) is 9.97 Å². The lowest BCUT2D eigenvalue weighted by atomic mass is 9.94. The second-order valence-corrected chi connectivity index (χ2v) is 9.65. The second-order valence-electron chi connectivity index (χ2n) is 7.31. The highest BCUT2D eigenvalue weighted by atomic mass is 79.9. The summed E-state index contributed by atoms with van der Waals surface area (Å²) >= 11 is 10.6. The molecule has 1 aromatic heterocycles. The lowest BCUT2D eigenvalue weighted by molar-refractivity contribution is -0.108. The van der Waals surface area contributed by atoms with Crippen LogP contribution < -0.4 is 10.1 Å². The molecule has 3 rings (SSSR count). The van der Waals surface area contributed by atoms with Crippen molar-refractivity contribution in [2.45, 2.75) is 29.6 Å². The van der Waals surface area contributed by atoms with Crippen LogP contribution in [0.1, 0.15) is 13.0 Å². The molecule has 0 aliphatic carbocycles. The van der Waals surface area contributed by atoms with Crippen molar-refractivity contribution in [2.75, 3.05) is 25.3 Å². The molecular formula is C22H25BrClN3O6S. The van der Waals surface area contributed by atoms with E-state index in [1.165, 1.54) is 25.6 Å². The number of benzene rings is 2. The van der Waals surface area contributed by atoms with E-state index in [0.29, 0.717) is 27.4 Å². The molecule has 9 nitrogen and oxygen atoms in total. The number of hydrogen-bond donors (Lipinski definition) is 6. The fourth-order valence-corrected chi connectivity index (χ4v) is 4.33. The van der Waals surface area contributed by atoms with Crippen LogP contribution in [0.5, 0.6) is 5.75 Å². The van der Waals surface area contributed by atoms with Gasteiger partial charge in [0.05, 0.1) is 37.0 Å². The van der Waals surface area contributed by atoms with E-state index in [4.69, 9.17) is 17.7 Å².